The summed E-state index contributed by atoms with van der Waals surface area (Å²) >= 11 is 0. The van der Waals surface area contributed by atoms with Crippen molar-refractivity contribution in [2.24, 2.45) is 0 Å². The number of aliphatic hydroxyl groups excluding tert-OH is 1. The maximum absolute atomic E-state index is 11.2. The summed E-state index contributed by atoms with van der Waals surface area (Å²) in [4.78, 5) is 4.77. The van der Waals surface area contributed by atoms with E-state index in [1.54, 1.807) is 7.11 Å². The fourth-order valence-corrected chi connectivity index (χ4v) is 3.95. The smallest absolute Gasteiger partial charge is 0.161 e. The fraction of sp³-hybridized carbons (Fsp3) is 0.435. The van der Waals surface area contributed by atoms with Gasteiger partial charge in [0.1, 0.15) is 12.2 Å². The summed E-state index contributed by atoms with van der Waals surface area (Å²) in [5, 5.41) is 14.8. The third kappa shape index (κ3) is 3.94. The van der Waals surface area contributed by atoms with Crippen molar-refractivity contribution in [2.75, 3.05) is 38.9 Å². The molecule has 3 atom stereocenters. The molecule has 7 nitrogen and oxygen atoms in total. The van der Waals surface area contributed by atoms with Crippen molar-refractivity contribution in [1.82, 2.24) is 9.38 Å². The highest BCUT2D eigenvalue weighted by atomic mass is 16.5. The van der Waals surface area contributed by atoms with Gasteiger partial charge in [0.25, 0.3) is 0 Å². The van der Waals surface area contributed by atoms with Gasteiger partial charge < -0.3 is 29.0 Å². The first-order valence-corrected chi connectivity index (χ1v) is 10.3. The van der Waals surface area contributed by atoms with Crippen LogP contribution in [-0.4, -0.2) is 54.1 Å². The average molecular weight is 412 g/mol. The van der Waals surface area contributed by atoms with Crippen molar-refractivity contribution in [3.63, 3.8) is 0 Å². The van der Waals surface area contributed by atoms with Gasteiger partial charge in [-0.2, -0.15) is 0 Å². The lowest BCUT2D eigenvalue weighted by molar-refractivity contribution is -0.0696. The topological polar surface area (TPSA) is 77.2 Å². The molecule has 0 amide bonds. The molecule has 4 rings (SSSR count). The van der Waals surface area contributed by atoms with E-state index in [4.69, 9.17) is 19.2 Å². The quantitative estimate of drug-likeness (QED) is 0.555. The van der Waals surface area contributed by atoms with Gasteiger partial charge >= 0.3 is 0 Å². The molecule has 0 aliphatic carbocycles. The van der Waals surface area contributed by atoms with Crippen molar-refractivity contribution in [1.29, 1.82) is 0 Å². The molecule has 2 N–H and O–H groups in total. The van der Waals surface area contributed by atoms with Crippen molar-refractivity contribution >= 4 is 11.3 Å². The summed E-state index contributed by atoms with van der Waals surface area (Å²) in [6.45, 7) is 5.95. The molecule has 0 fully saturated rings. The number of nitrogens with one attached hydrogen (secondary N) is 1. The summed E-state index contributed by atoms with van der Waals surface area (Å²) in [6.07, 6.45) is 0.755. The molecule has 1 aromatic carbocycles. The molecule has 0 bridgehead atoms. The van der Waals surface area contributed by atoms with Gasteiger partial charge in [0.15, 0.2) is 5.65 Å². The second-order valence-corrected chi connectivity index (χ2v) is 7.54. The molecular weight excluding hydrogens is 382 g/mol. The molecule has 7 heteroatoms. The van der Waals surface area contributed by atoms with Crippen LogP contribution in [0.4, 0.5) is 5.69 Å². The molecule has 3 heterocycles. The molecule has 0 saturated carbocycles. The maximum atomic E-state index is 11.2. The molecular formula is C23H29N3O4. The number of hydrogen-bond donors (Lipinski definition) is 2. The van der Waals surface area contributed by atoms with Crippen molar-refractivity contribution < 1.29 is 19.3 Å². The highest BCUT2D eigenvalue weighted by molar-refractivity contribution is 5.75. The number of ether oxygens (including phenoxy) is 3. The number of methoxy groups -OCH3 is 1. The average Bonchev–Trinajstić information content (AvgIpc) is 3.06. The van der Waals surface area contributed by atoms with Crippen LogP contribution in [0.3, 0.4) is 0 Å². The molecule has 1 aliphatic rings. The fourth-order valence-electron chi connectivity index (χ4n) is 3.95. The van der Waals surface area contributed by atoms with Crippen molar-refractivity contribution in [3.05, 3.63) is 65.1 Å². The van der Waals surface area contributed by atoms with Crippen LogP contribution in [0, 0.1) is 13.8 Å². The molecule has 30 heavy (non-hydrogen) atoms. The van der Waals surface area contributed by atoms with E-state index >= 15 is 0 Å². The molecule has 160 valence electrons. The second kappa shape index (κ2) is 9.14. The molecule has 3 aromatic rings. The van der Waals surface area contributed by atoms with Crippen LogP contribution in [0.15, 0.2) is 42.6 Å². The van der Waals surface area contributed by atoms with E-state index in [1.807, 2.05) is 49.5 Å². The number of anilines is 1. The number of pyridine rings is 1. The van der Waals surface area contributed by atoms with Gasteiger partial charge in [-0.05, 0) is 25.5 Å². The third-order valence-electron chi connectivity index (χ3n) is 5.68. The number of nitrogens with zero attached hydrogens (tertiary/aromatic N) is 2. The Kier molecular flexibility index (Phi) is 6.34. The Morgan fingerprint density at radius 1 is 1.07 bits per heavy atom. The van der Waals surface area contributed by atoms with Crippen molar-refractivity contribution in [3.8, 4) is 0 Å². The van der Waals surface area contributed by atoms with E-state index < -0.39 is 12.2 Å². The standard InChI is InChI=1S/C23H29N3O4/c1-15-16(2)26-10-9-18-20(23(26)24-15)25-19(17-7-5-4-6-8-17)21(27)22(18)30-14-13-29-12-11-28-3/h4-10,19,21-22,25,27H,11-14H2,1-3H3/t19?,21?,22-/m0/s1. The Bertz CT molecular complexity index is 989. The van der Waals surface area contributed by atoms with Gasteiger partial charge in [-0.3, -0.25) is 0 Å². The van der Waals surface area contributed by atoms with E-state index in [-0.39, 0.29) is 6.04 Å². The van der Waals surface area contributed by atoms with Crippen molar-refractivity contribution in [2.45, 2.75) is 32.1 Å². The number of fused-ring (bicyclic) bond motifs is 3. The summed E-state index contributed by atoms with van der Waals surface area (Å²) in [5.41, 5.74) is 5.74. The first kappa shape index (κ1) is 20.8. The Labute approximate surface area is 176 Å². The number of benzene rings is 1. The first-order valence-electron chi connectivity index (χ1n) is 10.3. The molecule has 0 radical (unpaired) electrons. The number of rotatable bonds is 8. The van der Waals surface area contributed by atoms with Crippen LogP contribution in [0.1, 0.15) is 34.7 Å². The minimum atomic E-state index is -0.751. The Morgan fingerprint density at radius 2 is 1.83 bits per heavy atom. The summed E-state index contributed by atoms with van der Waals surface area (Å²) in [5.74, 6) is 0. The van der Waals surface area contributed by atoms with Gasteiger partial charge in [0, 0.05) is 24.6 Å². The number of aryl methyl sites for hydroxylation is 2. The van der Waals surface area contributed by atoms with E-state index in [1.165, 1.54) is 0 Å². The maximum Gasteiger partial charge on any atom is 0.161 e. The first-order chi connectivity index (χ1) is 14.6. The lowest BCUT2D eigenvalue weighted by atomic mass is 9.89. The van der Waals surface area contributed by atoms with Crippen LogP contribution in [0.5, 0.6) is 0 Å². The van der Waals surface area contributed by atoms with Crippen LogP contribution in [0.2, 0.25) is 0 Å². The zero-order chi connectivity index (χ0) is 21.1. The Hall–Kier alpha value is -2.45. The van der Waals surface area contributed by atoms with E-state index in [9.17, 15) is 5.11 Å². The highest BCUT2D eigenvalue weighted by Gasteiger charge is 2.38. The second-order valence-electron chi connectivity index (χ2n) is 7.54. The number of hydrogen-bond acceptors (Lipinski definition) is 6. The predicted octanol–water partition coefficient (Wildman–Crippen LogP) is 3.20. The van der Waals surface area contributed by atoms with Crippen LogP contribution in [0.25, 0.3) is 5.65 Å². The normalized spacial score (nSPS) is 20.9. The molecule has 0 saturated heterocycles. The lowest BCUT2D eigenvalue weighted by Crippen LogP contribution is -2.38. The van der Waals surface area contributed by atoms with E-state index in [0.717, 1.165) is 33.8 Å². The van der Waals surface area contributed by atoms with Crippen LogP contribution in [-0.2, 0) is 14.2 Å². The highest BCUT2D eigenvalue weighted by Crippen LogP contribution is 2.43. The summed E-state index contributed by atoms with van der Waals surface area (Å²) in [7, 11) is 1.64. The van der Waals surface area contributed by atoms with E-state index in [2.05, 4.69) is 16.6 Å². The Morgan fingerprint density at radius 3 is 2.60 bits per heavy atom. The number of imidazole rings is 1. The van der Waals surface area contributed by atoms with Crippen LogP contribution >= 0.6 is 0 Å². The van der Waals surface area contributed by atoms with Gasteiger partial charge in [0.05, 0.1) is 43.9 Å². The number of aliphatic hydroxyl groups is 1. The van der Waals surface area contributed by atoms with Gasteiger partial charge in [0.2, 0.25) is 0 Å². The molecule has 2 unspecified atom stereocenters. The molecule has 1 aliphatic heterocycles. The molecule has 2 aromatic heterocycles. The zero-order valence-corrected chi connectivity index (χ0v) is 17.7. The minimum Gasteiger partial charge on any atom is -0.388 e. The van der Waals surface area contributed by atoms with Gasteiger partial charge in [-0.25, -0.2) is 4.98 Å². The Balaban J connectivity index is 1.66. The SMILES string of the molecule is COCCOCCO[C@H]1c2ccn3c(C)c(C)nc3c2NC(c2ccccc2)C1O. The third-order valence-corrected chi connectivity index (χ3v) is 5.68. The summed E-state index contributed by atoms with van der Waals surface area (Å²) in [6, 6.07) is 11.6. The minimum absolute atomic E-state index is 0.304. The zero-order valence-electron chi connectivity index (χ0n) is 17.7. The van der Waals surface area contributed by atoms with Gasteiger partial charge in [-0.15, -0.1) is 0 Å². The predicted molar refractivity (Wildman–Crippen MR) is 115 cm³/mol. The monoisotopic (exact) mass is 411 g/mol. The lowest BCUT2D eigenvalue weighted by Gasteiger charge is -2.38. The van der Waals surface area contributed by atoms with Crippen LogP contribution < -0.4 is 5.32 Å². The number of aromatic nitrogens is 2. The van der Waals surface area contributed by atoms with E-state index in [0.29, 0.717) is 26.4 Å². The summed E-state index contributed by atoms with van der Waals surface area (Å²) < 4.78 is 18.7. The van der Waals surface area contributed by atoms with Gasteiger partial charge in [-0.1, -0.05) is 30.3 Å². The molecule has 0 spiro atoms. The largest absolute Gasteiger partial charge is 0.388 e.